The van der Waals surface area contributed by atoms with E-state index in [1.165, 1.54) is 22.3 Å². The van der Waals surface area contributed by atoms with Gasteiger partial charge in [-0.25, -0.2) is 0 Å². The summed E-state index contributed by atoms with van der Waals surface area (Å²) in [6.07, 6.45) is 7.25. The summed E-state index contributed by atoms with van der Waals surface area (Å²) < 4.78 is 5.92. The molecule has 1 aromatic heterocycles. The molecule has 0 amide bonds. The Bertz CT molecular complexity index is 550. The number of ether oxygens (including phenoxy) is 1. The summed E-state index contributed by atoms with van der Waals surface area (Å²) in [5, 5.41) is 0. The van der Waals surface area contributed by atoms with Crippen molar-refractivity contribution < 1.29 is 4.74 Å². The lowest BCUT2D eigenvalue weighted by atomic mass is 9.91. The highest BCUT2D eigenvalue weighted by molar-refractivity contribution is 5.64. The van der Waals surface area contributed by atoms with Gasteiger partial charge in [-0.2, -0.15) is 0 Å². The molecule has 2 nitrogen and oxygen atoms in total. The minimum absolute atomic E-state index is 0.274. The fraction of sp³-hybridized carbons (Fsp3) is 0.353. The van der Waals surface area contributed by atoms with E-state index < -0.39 is 0 Å². The number of pyridine rings is 1. The van der Waals surface area contributed by atoms with Crippen LogP contribution in [0.3, 0.4) is 0 Å². The van der Waals surface area contributed by atoms with Gasteiger partial charge in [-0.3, -0.25) is 4.98 Å². The minimum atomic E-state index is 0.274. The van der Waals surface area contributed by atoms with Crippen LogP contribution in [0.2, 0.25) is 0 Å². The maximum absolute atomic E-state index is 5.92. The Balaban J connectivity index is 2.00. The SMILES string of the molecule is CCC[C@@H]1OCCc2ccc(-c3ccncc3)cc21. The Morgan fingerprint density at radius 3 is 2.79 bits per heavy atom. The van der Waals surface area contributed by atoms with Crippen molar-refractivity contribution >= 4 is 0 Å². The predicted octanol–water partition coefficient (Wildman–Crippen LogP) is 4.16. The van der Waals surface area contributed by atoms with Gasteiger partial charge in [0.05, 0.1) is 12.7 Å². The summed E-state index contributed by atoms with van der Waals surface area (Å²) in [4.78, 5) is 4.08. The van der Waals surface area contributed by atoms with Crippen LogP contribution in [-0.2, 0) is 11.2 Å². The molecule has 2 aromatic rings. The molecule has 0 N–H and O–H groups in total. The largest absolute Gasteiger partial charge is 0.373 e. The number of hydrogen-bond acceptors (Lipinski definition) is 2. The molecule has 1 aromatic carbocycles. The van der Waals surface area contributed by atoms with Gasteiger partial charge in [0, 0.05) is 12.4 Å². The standard InChI is InChI=1S/C17H19NO/c1-2-3-17-16-12-15(13-6-9-18-10-7-13)5-4-14(16)8-11-19-17/h4-7,9-10,12,17H,2-3,8,11H2,1H3/t17-/m0/s1. The molecule has 0 unspecified atom stereocenters. The van der Waals surface area contributed by atoms with Crippen LogP contribution in [0.4, 0.5) is 0 Å². The number of fused-ring (bicyclic) bond motifs is 1. The Labute approximate surface area is 114 Å². The Morgan fingerprint density at radius 2 is 2.00 bits per heavy atom. The Hall–Kier alpha value is -1.67. The van der Waals surface area contributed by atoms with Crippen molar-refractivity contribution in [1.29, 1.82) is 0 Å². The van der Waals surface area contributed by atoms with Gasteiger partial charge in [-0.15, -0.1) is 0 Å². The average molecular weight is 253 g/mol. The van der Waals surface area contributed by atoms with Crippen molar-refractivity contribution in [3.05, 3.63) is 53.9 Å². The first-order valence-corrected chi connectivity index (χ1v) is 7.03. The molecule has 2 heteroatoms. The number of hydrogen-bond donors (Lipinski definition) is 0. The van der Waals surface area contributed by atoms with Gasteiger partial charge in [-0.1, -0.05) is 25.5 Å². The van der Waals surface area contributed by atoms with Gasteiger partial charge in [0.1, 0.15) is 0 Å². The van der Waals surface area contributed by atoms with Crippen LogP contribution >= 0.6 is 0 Å². The van der Waals surface area contributed by atoms with Gasteiger partial charge in [0.15, 0.2) is 0 Å². The van der Waals surface area contributed by atoms with Crippen LogP contribution in [0.5, 0.6) is 0 Å². The Morgan fingerprint density at radius 1 is 1.16 bits per heavy atom. The zero-order chi connectivity index (χ0) is 13.1. The van der Waals surface area contributed by atoms with Crippen molar-refractivity contribution in [1.82, 2.24) is 4.98 Å². The summed E-state index contributed by atoms with van der Waals surface area (Å²) in [6.45, 7) is 3.07. The highest BCUT2D eigenvalue weighted by Crippen LogP contribution is 2.33. The number of benzene rings is 1. The average Bonchev–Trinajstić information content (AvgIpc) is 2.48. The summed E-state index contributed by atoms with van der Waals surface area (Å²) in [5.41, 5.74) is 5.30. The van der Waals surface area contributed by atoms with E-state index in [4.69, 9.17) is 4.74 Å². The minimum Gasteiger partial charge on any atom is -0.373 e. The van der Waals surface area contributed by atoms with Gasteiger partial charge in [0.25, 0.3) is 0 Å². The molecule has 0 fully saturated rings. The number of rotatable bonds is 3. The van der Waals surface area contributed by atoms with Gasteiger partial charge >= 0.3 is 0 Å². The zero-order valence-electron chi connectivity index (χ0n) is 11.3. The monoisotopic (exact) mass is 253 g/mol. The molecule has 0 radical (unpaired) electrons. The third kappa shape index (κ3) is 2.54. The van der Waals surface area contributed by atoms with Crippen LogP contribution in [-0.4, -0.2) is 11.6 Å². The molecule has 1 aliphatic heterocycles. The summed E-state index contributed by atoms with van der Waals surface area (Å²) in [6, 6.07) is 10.9. The molecule has 0 saturated carbocycles. The molecular weight excluding hydrogens is 234 g/mol. The van der Waals surface area contributed by atoms with Crippen LogP contribution in [0.25, 0.3) is 11.1 Å². The van der Waals surface area contributed by atoms with Crippen LogP contribution in [0, 0.1) is 0 Å². The van der Waals surface area contributed by atoms with E-state index in [0.717, 1.165) is 25.9 Å². The molecule has 0 bridgehead atoms. The molecule has 98 valence electrons. The first-order chi connectivity index (χ1) is 9.38. The lowest BCUT2D eigenvalue weighted by Crippen LogP contribution is -2.16. The summed E-state index contributed by atoms with van der Waals surface area (Å²) in [7, 11) is 0. The third-order valence-electron chi connectivity index (χ3n) is 3.75. The Kier molecular flexibility index (Phi) is 3.60. The fourth-order valence-corrected chi connectivity index (χ4v) is 2.75. The molecule has 0 spiro atoms. The lowest BCUT2D eigenvalue weighted by molar-refractivity contribution is 0.0361. The zero-order valence-corrected chi connectivity index (χ0v) is 11.3. The van der Waals surface area contributed by atoms with E-state index in [1.54, 1.807) is 0 Å². The highest BCUT2D eigenvalue weighted by Gasteiger charge is 2.20. The second kappa shape index (κ2) is 5.54. The molecule has 19 heavy (non-hydrogen) atoms. The molecule has 0 aliphatic carbocycles. The smallest absolute Gasteiger partial charge is 0.0827 e. The summed E-state index contributed by atoms with van der Waals surface area (Å²) in [5.74, 6) is 0. The molecule has 0 saturated heterocycles. The predicted molar refractivity (Wildman–Crippen MR) is 77.0 cm³/mol. The van der Waals surface area contributed by atoms with Gasteiger partial charge in [-0.05, 0) is 53.3 Å². The molecule has 3 rings (SSSR count). The molecular formula is C17H19NO. The van der Waals surface area contributed by atoms with Gasteiger partial charge < -0.3 is 4.74 Å². The van der Waals surface area contributed by atoms with E-state index in [0.29, 0.717) is 0 Å². The van der Waals surface area contributed by atoms with Crippen molar-refractivity contribution in [3.63, 3.8) is 0 Å². The van der Waals surface area contributed by atoms with Crippen LogP contribution < -0.4 is 0 Å². The second-order valence-electron chi connectivity index (χ2n) is 5.05. The van der Waals surface area contributed by atoms with Crippen molar-refractivity contribution in [2.24, 2.45) is 0 Å². The van der Waals surface area contributed by atoms with E-state index in [9.17, 15) is 0 Å². The van der Waals surface area contributed by atoms with Crippen LogP contribution in [0.1, 0.15) is 37.0 Å². The molecule has 2 heterocycles. The topological polar surface area (TPSA) is 22.1 Å². The number of aromatic nitrogens is 1. The first kappa shape index (κ1) is 12.4. The van der Waals surface area contributed by atoms with Crippen molar-refractivity contribution in [2.75, 3.05) is 6.61 Å². The third-order valence-corrected chi connectivity index (χ3v) is 3.75. The quantitative estimate of drug-likeness (QED) is 0.819. The maximum Gasteiger partial charge on any atom is 0.0827 e. The molecule has 1 atom stereocenters. The van der Waals surface area contributed by atoms with Crippen molar-refractivity contribution in [2.45, 2.75) is 32.3 Å². The van der Waals surface area contributed by atoms with E-state index in [2.05, 4.69) is 42.2 Å². The second-order valence-corrected chi connectivity index (χ2v) is 5.05. The highest BCUT2D eigenvalue weighted by atomic mass is 16.5. The van der Waals surface area contributed by atoms with Crippen LogP contribution in [0.15, 0.2) is 42.7 Å². The van der Waals surface area contributed by atoms with E-state index in [1.807, 2.05) is 12.4 Å². The summed E-state index contributed by atoms with van der Waals surface area (Å²) >= 11 is 0. The van der Waals surface area contributed by atoms with Crippen molar-refractivity contribution in [3.8, 4) is 11.1 Å². The van der Waals surface area contributed by atoms with E-state index in [-0.39, 0.29) is 6.10 Å². The molecule has 1 aliphatic rings. The lowest BCUT2D eigenvalue weighted by Gasteiger charge is -2.26. The fourth-order valence-electron chi connectivity index (χ4n) is 2.75. The van der Waals surface area contributed by atoms with E-state index >= 15 is 0 Å². The first-order valence-electron chi connectivity index (χ1n) is 7.03. The maximum atomic E-state index is 5.92. The van der Waals surface area contributed by atoms with Gasteiger partial charge in [0.2, 0.25) is 0 Å². The normalized spacial score (nSPS) is 18.1. The number of nitrogens with zero attached hydrogens (tertiary/aromatic N) is 1.